The molecule has 1 aromatic rings. The second-order valence-corrected chi connectivity index (χ2v) is 12.3. The zero-order chi connectivity index (χ0) is 24.7. The first kappa shape index (κ1) is 29.5. The number of hydrazine groups is 1. The third-order valence-corrected chi connectivity index (χ3v) is 8.79. The first-order valence-electron chi connectivity index (χ1n) is 12.0. The lowest BCUT2D eigenvalue weighted by atomic mass is 10.0. The van der Waals surface area contributed by atoms with E-state index >= 15 is 0 Å². The van der Waals surface area contributed by atoms with Gasteiger partial charge in [-0.25, -0.2) is 21.6 Å². The van der Waals surface area contributed by atoms with Crippen molar-refractivity contribution in [2.45, 2.75) is 107 Å². The Labute approximate surface area is 199 Å². The Kier molecular flexibility index (Phi) is 13.8. The lowest BCUT2D eigenvalue weighted by molar-refractivity contribution is 0.0692. The van der Waals surface area contributed by atoms with Crippen LogP contribution in [-0.2, 0) is 19.9 Å². The second-order valence-electron chi connectivity index (χ2n) is 8.50. The summed E-state index contributed by atoms with van der Waals surface area (Å²) in [4.78, 5) is 12.3. The van der Waals surface area contributed by atoms with Gasteiger partial charge in [0.2, 0.25) is 0 Å². The maximum atomic E-state index is 12.7. The van der Waals surface area contributed by atoms with Crippen LogP contribution in [0.15, 0.2) is 28.0 Å². The van der Waals surface area contributed by atoms with Gasteiger partial charge in [-0.05, 0) is 24.6 Å². The summed E-state index contributed by atoms with van der Waals surface area (Å²) in [6.45, 7) is 2.23. The van der Waals surface area contributed by atoms with Crippen LogP contribution in [-0.4, -0.2) is 33.7 Å². The molecule has 0 spiro atoms. The molecule has 0 amide bonds. The van der Waals surface area contributed by atoms with Crippen molar-refractivity contribution < 1.29 is 26.7 Å². The van der Waals surface area contributed by atoms with Crippen molar-refractivity contribution in [2.75, 3.05) is 5.75 Å². The molecular formula is C23H40N2O6S2. The highest BCUT2D eigenvalue weighted by molar-refractivity contribution is 7.91. The average molecular weight is 505 g/mol. The fourth-order valence-corrected chi connectivity index (χ4v) is 6.00. The summed E-state index contributed by atoms with van der Waals surface area (Å²) >= 11 is 0. The van der Waals surface area contributed by atoms with Crippen LogP contribution in [0.1, 0.15) is 107 Å². The Balaban J connectivity index is 2.36. The van der Waals surface area contributed by atoms with Crippen LogP contribution in [0, 0.1) is 0 Å². The topological polar surface area (TPSA) is 144 Å². The molecule has 0 heterocycles. The summed E-state index contributed by atoms with van der Waals surface area (Å²) in [5, 5.41) is 9.38. The molecule has 4 N–H and O–H groups in total. The summed E-state index contributed by atoms with van der Waals surface area (Å²) in [7, 11) is -7.94. The van der Waals surface area contributed by atoms with E-state index in [1.165, 1.54) is 57.8 Å². The minimum Gasteiger partial charge on any atom is -0.478 e. The van der Waals surface area contributed by atoms with Crippen LogP contribution in [0.5, 0.6) is 0 Å². The van der Waals surface area contributed by atoms with Crippen molar-refractivity contribution in [1.29, 1.82) is 0 Å². The van der Waals surface area contributed by atoms with E-state index in [1.807, 2.05) is 0 Å². The standard InChI is InChI=1S/C23H40N2O6S2/c1-2-3-4-5-6-7-8-9-10-11-12-13-14-15-18-32(28,29)22-17-16-20(33(30,31)25-24)19-21(22)23(26)27/h16-17,19,25H,2-15,18,24H2,1H3,(H,26,27). The van der Waals surface area contributed by atoms with Gasteiger partial charge in [0.05, 0.1) is 21.1 Å². The second kappa shape index (κ2) is 15.4. The molecule has 33 heavy (non-hydrogen) atoms. The number of nitrogens with two attached hydrogens (primary N) is 1. The largest absolute Gasteiger partial charge is 0.478 e. The highest BCUT2D eigenvalue weighted by atomic mass is 32.2. The van der Waals surface area contributed by atoms with Crippen LogP contribution in [0.4, 0.5) is 0 Å². The molecule has 1 aromatic carbocycles. The highest BCUT2D eigenvalue weighted by Crippen LogP contribution is 2.23. The first-order valence-corrected chi connectivity index (χ1v) is 15.1. The fourth-order valence-electron chi connectivity index (χ4n) is 3.78. The van der Waals surface area contributed by atoms with Gasteiger partial charge in [-0.15, -0.1) is 0 Å². The van der Waals surface area contributed by atoms with E-state index in [2.05, 4.69) is 6.92 Å². The predicted molar refractivity (Wildman–Crippen MR) is 130 cm³/mol. The van der Waals surface area contributed by atoms with Gasteiger partial charge in [0, 0.05) is 0 Å². The van der Waals surface area contributed by atoms with Gasteiger partial charge in [-0.3, -0.25) is 5.84 Å². The third-order valence-electron chi connectivity index (χ3n) is 5.75. The molecule has 190 valence electrons. The van der Waals surface area contributed by atoms with Crippen LogP contribution < -0.4 is 10.7 Å². The Morgan fingerprint density at radius 3 is 1.70 bits per heavy atom. The molecule has 0 aliphatic rings. The number of sulfone groups is 1. The molecule has 0 unspecified atom stereocenters. The van der Waals surface area contributed by atoms with Gasteiger partial charge in [0.25, 0.3) is 10.0 Å². The van der Waals surface area contributed by atoms with Crippen molar-refractivity contribution in [3.63, 3.8) is 0 Å². The summed E-state index contributed by atoms with van der Waals surface area (Å²) in [5.74, 6) is 3.27. The number of benzene rings is 1. The van der Waals surface area contributed by atoms with Crippen molar-refractivity contribution in [2.24, 2.45) is 5.84 Å². The van der Waals surface area contributed by atoms with E-state index in [9.17, 15) is 26.7 Å². The molecule has 0 saturated heterocycles. The van der Waals surface area contributed by atoms with Gasteiger partial charge in [0.15, 0.2) is 9.84 Å². The van der Waals surface area contributed by atoms with E-state index in [0.29, 0.717) is 6.42 Å². The molecule has 0 saturated carbocycles. The number of carboxylic acids is 1. The maximum Gasteiger partial charge on any atom is 0.337 e. The van der Waals surface area contributed by atoms with Crippen LogP contribution in [0.25, 0.3) is 0 Å². The molecule has 0 bridgehead atoms. The normalized spacial score (nSPS) is 12.2. The number of carbonyl (C=O) groups is 1. The van der Waals surface area contributed by atoms with Gasteiger partial charge >= 0.3 is 5.97 Å². The monoisotopic (exact) mass is 504 g/mol. The van der Waals surface area contributed by atoms with E-state index < -0.39 is 36.3 Å². The molecule has 0 fully saturated rings. The lowest BCUT2D eigenvalue weighted by Gasteiger charge is -2.10. The molecule has 0 aliphatic carbocycles. The van der Waals surface area contributed by atoms with Crippen molar-refractivity contribution >= 4 is 25.8 Å². The highest BCUT2D eigenvalue weighted by Gasteiger charge is 2.25. The first-order chi connectivity index (χ1) is 15.7. The quantitative estimate of drug-likeness (QED) is 0.139. The number of hydrogen-bond acceptors (Lipinski definition) is 6. The third kappa shape index (κ3) is 11.0. The molecule has 0 aromatic heterocycles. The average Bonchev–Trinajstić information content (AvgIpc) is 2.78. The van der Waals surface area contributed by atoms with Crippen molar-refractivity contribution in [1.82, 2.24) is 4.83 Å². The summed E-state index contributed by atoms with van der Waals surface area (Å²) < 4.78 is 48.9. The molecule has 0 aliphatic heterocycles. The Bertz CT molecular complexity index is 930. The number of unbranched alkanes of at least 4 members (excludes halogenated alkanes) is 13. The van der Waals surface area contributed by atoms with Crippen LogP contribution >= 0.6 is 0 Å². The lowest BCUT2D eigenvalue weighted by Crippen LogP contribution is -2.30. The van der Waals surface area contributed by atoms with E-state index in [-0.39, 0.29) is 10.6 Å². The van der Waals surface area contributed by atoms with Crippen molar-refractivity contribution in [3.05, 3.63) is 23.8 Å². The zero-order valence-corrected chi connectivity index (χ0v) is 21.4. The van der Waals surface area contributed by atoms with Crippen molar-refractivity contribution in [3.8, 4) is 0 Å². The smallest absolute Gasteiger partial charge is 0.337 e. The minimum atomic E-state index is -4.09. The number of aromatic carboxylic acids is 1. The predicted octanol–water partition coefficient (Wildman–Crippen LogP) is 4.79. The zero-order valence-electron chi connectivity index (χ0n) is 19.7. The summed E-state index contributed by atoms with van der Waals surface area (Å²) in [5.41, 5.74) is -0.573. The summed E-state index contributed by atoms with van der Waals surface area (Å²) in [6.07, 6.45) is 16.1. The number of rotatable bonds is 19. The van der Waals surface area contributed by atoms with Gasteiger partial charge in [0.1, 0.15) is 0 Å². The molecule has 0 radical (unpaired) electrons. The summed E-state index contributed by atoms with van der Waals surface area (Å²) in [6, 6.07) is 2.88. The Morgan fingerprint density at radius 2 is 1.27 bits per heavy atom. The number of sulfonamides is 1. The minimum absolute atomic E-state index is 0.174. The Hall–Kier alpha value is -1.49. The van der Waals surface area contributed by atoms with E-state index in [0.717, 1.165) is 43.9 Å². The van der Waals surface area contributed by atoms with Gasteiger partial charge in [-0.1, -0.05) is 90.4 Å². The van der Waals surface area contributed by atoms with E-state index in [4.69, 9.17) is 5.84 Å². The van der Waals surface area contributed by atoms with Gasteiger partial charge in [-0.2, -0.15) is 4.83 Å². The van der Waals surface area contributed by atoms with E-state index in [1.54, 1.807) is 4.83 Å². The molecule has 0 atom stereocenters. The molecule has 10 heteroatoms. The maximum absolute atomic E-state index is 12.7. The number of carboxylic acid groups (broad SMARTS) is 1. The molecule has 1 rings (SSSR count). The SMILES string of the molecule is CCCCCCCCCCCCCCCCS(=O)(=O)c1ccc(S(=O)(=O)NN)cc1C(=O)O. The fraction of sp³-hybridized carbons (Fsp3) is 0.696. The van der Waals surface area contributed by atoms with Crippen LogP contribution in [0.3, 0.4) is 0 Å². The number of nitrogens with one attached hydrogen (secondary N) is 1. The molecular weight excluding hydrogens is 464 g/mol. The van der Waals surface area contributed by atoms with Gasteiger partial charge < -0.3 is 5.11 Å². The molecule has 8 nitrogen and oxygen atoms in total. The van der Waals surface area contributed by atoms with Crippen LogP contribution in [0.2, 0.25) is 0 Å². The Morgan fingerprint density at radius 1 is 0.818 bits per heavy atom. The number of hydrogen-bond donors (Lipinski definition) is 3.